The van der Waals surface area contributed by atoms with Gasteiger partial charge < -0.3 is 14.6 Å². The number of nitrogens with one attached hydrogen (secondary N) is 1. The van der Waals surface area contributed by atoms with Crippen LogP contribution in [0.25, 0.3) is 22.6 Å². The summed E-state index contributed by atoms with van der Waals surface area (Å²) in [6.07, 6.45) is 4.67. The van der Waals surface area contributed by atoms with Gasteiger partial charge in [0.2, 0.25) is 5.91 Å². The van der Waals surface area contributed by atoms with Crippen molar-refractivity contribution in [1.82, 2.24) is 9.88 Å². The third-order valence-electron chi connectivity index (χ3n) is 6.16. The van der Waals surface area contributed by atoms with Crippen LogP contribution in [-0.2, 0) is 20.9 Å². The van der Waals surface area contributed by atoms with Crippen LogP contribution >= 0.6 is 0 Å². The SMILES string of the molecule is COCCCNC(=O)Cn1cc(/C=C2/C(=O)N(c3ccccc3)c3ccccc32)c2ccccc21. The number of methoxy groups -OCH3 is 1. The summed E-state index contributed by atoms with van der Waals surface area (Å²) >= 11 is 0. The summed E-state index contributed by atoms with van der Waals surface area (Å²) in [5.41, 5.74) is 5.09. The van der Waals surface area contributed by atoms with E-state index in [1.807, 2.05) is 95.7 Å². The fourth-order valence-electron chi connectivity index (χ4n) is 4.55. The molecule has 1 aliphatic heterocycles. The highest BCUT2D eigenvalue weighted by Crippen LogP contribution is 2.42. The second-order valence-corrected chi connectivity index (χ2v) is 8.48. The number of hydrogen-bond acceptors (Lipinski definition) is 3. The fourth-order valence-corrected chi connectivity index (χ4v) is 4.55. The molecule has 4 aromatic rings. The van der Waals surface area contributed by atoms with E-state index in [9.17, 15) is 9.59 Å². The fraction of sp³-hybridized carbons (Fsp3) is 0.172. The van der Waals surface area contributed by atoms with Crippen LogP contribution in [0.4, 0.5) is 11.4 Å². The Labute approximate surface area is 204 Å². The number of carbonyl (C=O) groups excluding carboxylic acids is 2. The van der Waals surface area contributed by atoms with Crippen LogP contribution in [0.5, 0.6) is 0 Å². The van der Waals surface area contributed by atoms with Crippen molar-refractivity contribution in [2.24, 2.45) is 0 Å². The minimum absolute atomic E-state index is 0.0569. The maximum Gasteiger partial charge on any atom is 0.263 e. The van der Waals surface area contributed by atoms with Crippen molar-refractivity contribution in [1.29, 1.82) is 0 Å². The van der Waals surface area contributed by atoms with Gasteiger partial charge in [0.1, 0.15) is 6.54 Å². The highest BCUT2D eigenvalue weighted by Gasteiger charge is 2.33. The van der Waals surface area contributed by atoms with E-state index in [2.05, 4.69) is 5.32 Å². The van der Waals surface area contributed by atoms with Gasteiger partial charge in [-0.3, -0.25) is 14.5 Å². The van der Waals surface area contributed by atoms with Crippen LogP contribution in [0.15, 0.2) is 85.1 Å². The molecule has 35 heavy (non-hydrogen) atoms. The maximum absolute atomic E-state index is 13.6. The molecule has 6 heteroatoms. The van der Waals surface area contributed by atoms with Gasteiger partial charge in [0.25, 0.3) is 5.91 Å². The van der Waals surface area contributed by atoms with E-state index >= 15 is 0 Å². The van der Waals surface area contributed by atoms with E-state index in [4.69, 9.17) is 4.74 Å². The van der Waals surface area contributed by atoms with Crippen molar-refractivity contribution in [3.63, 3.8) is 0 Å². The third-order valence-corrected chi connectivity index (χ3v) is 6.16. The number of benzene rings is 3. The van der Waals surface area contributed by atoms with Crippen molar-refractivity contribution in [3.8, 4) is 0 Å². The lowest BCUT2D eigenvalue weighted by Crippen LogP contribution is -2.28. The molecule has 2 heterocycles. The third kappa shape index (κ3) is 4.48. The van der Waals surface area contributed by atoms with E-state index < -0.39 is 0 Å². The average molecular weight is 466 g/mol. The van der Waals surface area contributed by atoms with E-state index in [-0.39, 0.29) is 18.4 Å². The number of para-hydroxylation sites is 3. The zero-order chi connectivity index (χ0) is 24.2. The number of nitrogens with zero attached hydrogens (tertiary/aromatic N) is 2. The summed E-state index contributed by atoms with van der Waals surface area (Å²) in [6.45, 7) is 1.39. The van der Waals surface area contributed by atoms with Gasteiger partial charge in [-0.2, -0.15) is 0 Å². The lowest BCUT2D eigenvalue weighted by Gasteiger charge is -2.16. The molecule has 1 aromatic heterocycles. The van der Waals surface area contributed by atoms with Gasteiger partial charge in [0.15, 0.2) is 0 Å². The molecule has 5 rings (SSSR count). The Kier molecular flexibility index (Phi) is 6.46. The summed E-state index contributed by atoms with van der Waals surface area (Å²) in [6, 6.07) is 25.5. The zero-order valence-corrected chi connectivity index (χ0v) is 19.6. The zero-order valence-electron chi connectivity index (χ0n) is 19.6. The van der Waals surface area contributed by atoms with Crippen molar-refractivity contribution in [2.45, 2.75) is 13.0 Å². The van der Waals surface area contributed by atoms with Gasteiger partial charge in [-0.15, -0.1) is 0 Å². The number of carbonyl (C=O) groups is 2. The predicted molar refractivity (Wildman–Crippen MR) is 139 cm³/mol. The number of anilines is 2. The molecule has 6 nitrogen and oxygen atoms in total. The maximum atomic E-state index is 13.6. The molecule has 0 radical (unpaired) electrons. The minimum atomic E-state index is -0.0647. The molecule has 0 aliphatic carbocycles. The van der Waals surface area contributed by atoms with Crippen LogP contribution in [0.1, 0.15) is 17.5 Å². The van der Waals surface area contributed by atoms with Crippen molar-refractivity contribution >= 4 is 45.7 Å². The molecule has 176 valence electrons. The Morgan fingerprint density at radius 2 is 1.71 bits per heavy atom. The number of amides is 2. The van der Waals surface area contributed by atoms with Crippen LogP contribution in [0.2, 0.25) is 0 Å². The lowest BCUT2D eigenvalue weighted by molar-refractivity contribution is -0.121. The van der Waals surface area contributed by atoms with Crippen LogP contribution < -0.4 is 10.2 Å². The summed E-state index contributed by atoms with van der Waals surface area (Å²) in [4.78, 5) is 27.9. The van der Waals surface area contributed by atoms with Gasteiger partial charge >= 0.3 is 0 Å². The Hall–Kier alpha value is -4.16. The molecule has 1 N–H and O–H groups in total. The van der Waals surface area contributed by atoms with Crippen LogP contribution in [0.3, 0.4) is 0 Å². The molecule has 1 aliphatic rings. The van der Waals surface area contributed by atoms with Gasteiger partial charge in [-0.05, 0) is 36.8 Å². The molecule has 3 aromatic carbocycles. The summed E-state index contributed by atoms with van der Waals surface area (Å²) < 4.78 is 6.98. The van der Waals surface area contributed by atoms with E-state index in [0.29, 0.717) is 18.7 Å². The molecule has 0 spiro atoms. The lowest BCUT2D eigenvalue weighted by atomic mass is 10.0. The molecular weight excluding hydrogens is 438 g/mol. The van der Waals surface area contributed by atoms with E-state index in [1.54, 1.807) is 12.0 Å². The molecule has 0 fully saturated rings. The quantitative estimate of drug-likeness (QED) is 0.294. The first-order valence-electron chi connectivity index (χ1n) is 11.7. The van der Waals surface area contributed by atoms with E-state index in [0.717, 1.165) is 39.8 Å². The molecule has 2 amide bonds. The largest absolute Gasteiger partial charge is 0.385 e. The van der Waals surface area contributed by atoms with Gasteiger partial charge in [0.05, 0.1) is 11.3 Å². The average Bonchev–Trinajstić information content (AvgIpc) is 3.37. The van der Waals surface area contributed by atoms with Crippen molar-refractivity contribution < 1.29 is 14.3 Å². The highest BCUT2D eigenvalue weighted by molar-refractivity contribution is 6.38. The number of rotatable bonds is 8. The topological polar surface area (TPSA) is 63.6 Å². The summed E-state index contributed by atoms with van der Waals surface area (Å²) in [5, 5.41) is 3.94. The summed E-state index contributed by atoms with van der Waals surface area (Å²) in [5.74, 6) is -0.122. The molecular formula is C29H27N3O3. The number of aromatic nitrogens is 1. The van der Waals surface area contributed by atoms with E-state index in [1.165, 1.54) is 0 Å². The number of ether oxygens (including phenoxy) is 1. The Morgan fingerprint density at radius 1 is 0.971 bits per heavy atom. The molecule has 0 saturated carbocycles. The molecule has 0 unspecified atom stereocenters. The first-order valence-corrected chi connectivity index (χ1v) is 11.7. The van der Waals surface area contributed by atoms with Crippen molar-refractivity contribution in [2.75, 3.05) is 25.2 Å². The number of fused-ring (bicyclic) bond motifs is 2. The van der Waals surface area contributed by atoms with Gasteiger partial charge in [0, 0.05) is 54.2 Å². The molecule has 0 saturated heterocycles. The second kappa shape index (κ2) is 9.99. The first kappa shape index (κ1) is 22.6. The van der Waals surface area contributed by atoms with Gasteiger partial charge in [-0.25, -0.2) is 0 Å². The molecule has 0 bridgehead atoms. The Bertz CT molecular complexity index is 1410. The molecule has 0 atom stereocenters. The first-order chi connectivity index (χ1) is 17.2. The summed E-state index contributed by atoms with van der Waals surface area (Å²) in [7, 11) is 1.65. The Morgan fingerprint density at radius 3 is 2.54 bits per heavy atom. The standard InChI is InChI=1S/C29H27N3O3/c1-35-17-9-16-30-28(33)20-31-19-21(23-12-5-7-14-26(23)31)18-25-24-13-6-8-15-27(24)32(29(25)34)22-10-3-2-4-11-22/h2-8,10-15,18-19H,9,16-17,20H2,1H3,(H,30,33)/b25-18+. The van der Waals surface area contributed by atoms with Crippen molar-refractivity contribution in [3.05, 3.63) is 96.2 Å². The number of hydrogen-bond donors (Lipinski definition) is 1. The Balaban J connectivity index is 1.50. The predicted octanol–water partition coefficient (Wildman–Crippen LogP) is 5.01. The minimum Gasteiger partial charge on any atom is -0.385 e. The van der Waals surface area contributed by atoms with Crippen LogP contribution in [0, 0.1) is 0 Å². The van der Waals surface area contributed by atoms with Gasteiger partial charge in [-0.1, -0.05) is 54.6 Å². The highest BCUT2D eigenvalue weighted by atomic mass is 16.5. The second-order valence-electron chi connectivity index (χ2n) is 8.48. The smallest absolute Gasteiger partial charge is 0.263 e. The normalized spacial score (nSPS) is 14.0. The van der Waals surface area contributed by atoms with Crippen LogP contribution in [-0.4, -0.2) is 36.6 Å². The monoisotopic (exact) mass is 465 g/mol.